The molecule has 5 nitrogen and oxygen atoms in total. The Bertz CT molecular complexity index is 583. The SMILES string of the molecule is CO[C@@]12CC[C@H](OCC3CC3)C[C@@H]1N(Cc1cnn(C)c1C)CC2. The predicted octanol–water partition coefficient (Wildman–Crippen LogP) is 2.67. The molecule has 5 heteroatoms. The summed E-state index contributed by atoms with van der Waals surface area (Å²) in [6.45, 7) is 5.22. The minimum atomic E-state index is 0.0373. The molecule has 134 valence electrons. The maximum atomic E-state index is 6.23. The highest BCUT2D eigenvalue weighted by Gasteiger charge is 2.51. The molecule has 0 unspecified atom stereocenters. The molecule has 0 N–H and O–H groups in total. The topological polar surface area (TPSA) is 39.5 Å². The van der Waals surface area contributed by atoms with Gasteiger partial charge in [-0.05, 0) is 51.4 Å². The largest absolute Gasteiger partial charge is 0.378 e. The molecule has 1 aliphatic heterocycles. The zero-order chi connectivity index (χ0) is 16.7. The van der Waals surface area contributed by atoms with Gasteiger partial charge in [-0.25, -0.2) is 0 Å². The van der Waals surface area contributed by atoms with Crippen molar-refractivity contribution in [1.29, 1.82) is 0 Å². The van der Waals surface area contributed by atoms with Crippen LogP contribution in [0.2, 0.25) is 0 Å². The molecule has 4 rings (SSSR count). The minimum absolute atomic E-state index is 0.0373. The van der Waals surface area contributed by atoms with Crippen LogP contribution in [0.4, 0.5) is 0 Å². The summed E-state index contributed by atoms with van der Waals surface area (Å²) in [5.74, 6) is 0.844. The summed E-state index contributed by atoms with van der Waals surface area (Å²) in [5.41, 5.74) is 2.64. The van der Waals surface area contributed by atoms with Crippen LogP contribution in [0.1, 0.15) is 49.8 Å². The van der Waals surface area contributed by atoms with Crippen LogP contribution in [0.25, 0.3) is 0 Å². The quantitative estimate of drug-likeness (QED) is 0.802. The molecule has 1 aromatic heterocycles. The highest BCUT2D eigenvalue weighted by atomic mass is 16.5. The van der Waals surface area contributed by atoms with Gasteiger partial charge in [0.15, 0.2) is 0 Å². The molecule has 0 spiro atoms. The fourth-order valence-electron chi connectivity index (χ4n) is 4.57. The Labute approximate surface area is 145 Å². The van der Waals surface area contributed by atoms with E-state index in [2.05, 4.69) is 16.9 Å². The molecular weight excluding hydrogens is 302 g/mol. The lowest BCUT2D eigenvalue weighted by Gasteiger charge is -2.43. The van der Waals surface area contributed by atoms with Crippen molar-refractivity contribution in [2.75, 3.05) is 20.3 Å². The van der Waals surface area contributed by atoms with Crippen LogP contribution in [-0.2, 0) is 23.1 Å². The number of hydrogen-bond donors (Lipinski definition) is 0. The number of nitrogens with zero attached hydrogens (tertiary/aromatic N) is 3. The van der Waals surface area contributed by atoms with E-state index < -0.39 is 0 Å². The van der Waals surface area contributed by atoms with Crippen LogP contribution in [0.3, 0.4) is 0 Å². The number of hydrogen-bond acceptors (Lipinski definition) is 4. The Morgan fingerprint density at radius 3 is 2.79 bits per heavy atom. The van der Waals surface area contributed by atoms with E-state index >= 15 is 0 Å². The van der Waals surface area contributed by atoms with Crippen LogP contribution in [0, 0.1) is 12.8 Å². The van der Waals surface area contributed by atoms with Gasteiger partial charge >= 0.3 is 0 Å². The summed E-state index contributed by atoms with van der Waals surface area (Å²) in [7, 11) is 3.92. The van der Waals surface area contributed by atoms with E-state index in [1.807, 2.05) is 25.0 Å². The molecule has 1 saturated heterocycles. The zero-order valence-electron chi connectivity index (χ0n) is 15.3. The second-order valence-electron chi connectivity index (χ2n) is 8.06. The van der Waals surface area contributed by atoms with Crippen molar-refractivity contribution in [3.63, 3.8) is 0 Å². The molecule has 3 fully saturated rings. The van der Waals surface area contributed by atoms with E-state index in [1.165, 1.54) is 24.1 Å². The van der Waals surface area contributed by atoms with Crippen molar-refractivity contribution < 1.29 is 9.47 Å². The molecule has 24 heavy (non-hydrogen) atoms. The average molecular weight is 333 g/mol. The minimum Gasteiger partial charge on any atom is -0.378 e. The number of fused-ring (bicyclic) bond motifs is 1. The van der Waals surface area contributed by atoms with Gasteiger partial charge in [0, 0.05) is 51.2 Å². The van der Waals surface area contributed by atoms with Crippen molar-refractivity contribution >= 4 is 0 Å². The molecular formula is C19H31N3O2. The van der Waals surface area contributed by atoms with Crippen molar-refractivity contribution in [2.24, 2.45) is 13.0 Å². The predicted molar refractivity (Wildman–Crippen MR) is 92.8 cm³/mol. The third-order valence-corrected chi connectivity index (χ3v) is 6.63. The third kappa shape index (κ3) is 3.02. The van der Waals surface area contributed by atoms with E-state index in [4.69, 9.17) is 9.47 Å². The Balaban J connectivity index is 1.45. The lowest BCUT2D eigenvalue weighted by atomic mass is 9.79. The van der Waals surface area contributed by atoms with Gasteiger partial charge in [-0.2, -0.15) is 5.10 Å². The second kappa shape index (κ2) is 6.43. The van der Waals surface area contributed by atoms with Gasteiger partial charge in [0.2, 0.25) is 0 Å². The normalized spacial score (nSPS) is 33.8. The second-order valence-corrected chi connectivity index (χ2v) is 8.06. The van der Waals surface area contributed by atoms with Gasteiger partial charge in [-0.1, -0.05) is 0 Å². The van der Waals surface area contributed by atoms with Gasteiger partial charge < -0.3 is 9.47 Å². The molecule has 1 aromatic rings. The van der Waals surface area contributed by atoms with E-state index in [9.17, 15) is 0 Å². The Morgan fingerprint density at radius 1 is 1.29 bits per heavy atom. The smallest absolute Gasteiger partial charge is 0.0847 e. The molecule has 0 bridgehead atoms. The zero-order valence-corrected chi connectivity index (χ0v) is 15.3. The Hall–Kier alpha value is -0.910. The van der Waals surface area contributed by atoms with Gasteiger partial charge in [0.05, 0.1) is 17.9 Å². The lowest BCUT2D eigenvalue weighted by molar-refractivity contribution is -0.103. The standard InChI is InChI=1S/C19H31N3O2/c1-14-16(11-20-21(14)2)12-22-9-8-19(23-3)7-6-17(10-18(19)22)24-13-15-4-5-15/h11,15,17-18H,4-10,12-13H2,1-3H3/t17-,18-,19+/m0/s1. The van der Waals surface area contributed by atoms with Gasteiger partial charge in [-0.15, -0.1) is 0 Å². The number of rotatable bonds is 6. The average Bonchev–Trinajstić information content (AvgIpc) is 3.30. The number of likely N-dealkylation sites (tertiary alicyclic amines) is 1. The van der Waals surface area contributed by atoms with E-state index in [0.717, 1.165) is 51.3 Å². The number of aromatic nitrogens is 2. The number of methoxy groups -OCH3 is 1. The van der Waals surface area contributed by atoms with Gasteiger partial charge in [0.1, 0.15) is 0 Å². The lowest BCUT2D eigenvalue weighted by Crippen LogP contribution is -2.51. The highest BCUT2D eigenvalue weighted by Crippen LogP contribution is 2.44. The molecule has 0 radical (unpaired) electrons. The monoisotopic (exact) mass is 333 g/mol. The van der Waals surface area contributed by atoms with Crippen LogP contribution < -0.4 is 0 Å². The molecule has 3 atom stereocenters. The molecule has 2 aliphatic carbocycles. The van der Waals surface area contributed by atoms with Gasteiger partial charge in [0.25, 0.3) is 0 Å². The summed E-state index contributed by atoms with van der Waals surface area (Å²) in [4.78, 5) is 2.61. The number of aryl methyl sites for hydroxylation is 1. The summed E-state index contributed by atoms with van der Waals surface area (Å²) in [5, 5.41) is 4.40. The first-order valence-corrected chi connectivity index (χ1v) is 9.49. The van der Waals surface area contributed by atoms with E-state index in [0.29, 0.717) is 12.1 Å². The van der Waals surface area contributed by atoms with Crippen molar-refractivity contribution in [1.82, 2.24) is 14.7 Å². The van der Waals surface area contributed by atoms with Gasteiger partial charge in [-0.3, -0.25) is 9.58 Å². The fraction of sp³-hybridized carbons (Fsp3) is 0.842. The van der Waals surface area contributed by atoms with E-state index in [-0.39, 0.29) is 5.60 Å². The van der Waals surface area contributed by atoms with Crippen molar-refractivity contribution in [2.45, 2.75) is 69.7 Å². The van der Waals surface area contributed by atoms with Crippen LogP contribution in [0.5, 0.6) is 0 Å². The van der Waals surface area contributed by atoms with Crippen molar-refractivity contribution in [3.05, 3.63) is 17.5 Å². The molecule has 2 saturated carbocycles. The van der Waals surface area contributed by atoms with Crippen molar-refractivity contribution in [3.8, 4) is 0 Å². The number of ether oxygens (including phenoxy) is 2. The first-order chi connectivity index (χ1) is 11.6. The first kappa shape index (κ1) is 16.6. The first-order valence-electron chi connectivity index (χ1n) is 9.49. The fourth-order valence-corrected chi connectivity index (χ4v) is 4.57. The third-order valence-electron chi connectivity index (χ3n) is 6.63. The maximum Gasteiger partial charge on any atom is 0.0847 e. The van der Waals surface area contributed by atoms with E-state index in [1.54, 1.807) is 0 Å². The maximum absolute atomic E-state index is 6.23. The summed E-state index contributed by atoms with van der Waals surface area (Å²) in [6, 6.07) is 0.472. The van der Waals surface area contributed by atoms with Crippen LogP contribution in [0.15, 0.2) is 6.20 Å². The molecule has 3 aliphatic rings. The Kier molecular flexibility index (Phi) is 4.43. The Morgan fingerprint density at radius 2 is 2.12 bits per heavy atom. The van der Waals surface area contributed by atoms with Crippen LogP contribution in [-0.4, -0.2) is 52.7 Å². The molecule has 0 aromatic carbocycles. The summed E-state index contributed by atoms with van der Waals surface area (Å²) in [6.07, 6.45) is 9.70. The van der Waals surface area contributed by atoms with Crippen LogP contribution >= 0.6 is 0 Å². The summed E-state index contributed by atoms with van der Waals surface area (Å²) < 4.78 is 14.3. The molecule has 0 amide bonds. The molecule has 2 heterocycles. The summed E-state index contributed by atoms with van der Waals surface area (Å²) >= 11 is 0. The highest BCUT2D eigenvalue weighted by molar-refractivity contribution is 5.17.